The van der Waals surface area contributed by atoms with Crippen molar-refractivity contribution in [3.8, 4) is 0 Å². The van der Waals surface area contributed by atoms with Crippen molar-refractivity contribution >= 4 is 50.9 Å². The summed E-state index contributed by atoms with van der Waals surface area (Å²) in [7, 11) is 0. The third-order valence-corrected chi connectivity index (χ3v) is 7.52. The summed E-state index contributed by atoms with van der Waals surface area (Å²) in [4.78, 5) is 54.9. The average Bonchev–Trinajstić information content (AvgIpc) is 3.46. The van der Waals surface area contributed by atoms with Gasteiger partial charge in [-0.1, -0.05) is 24.3 Å². The number of nitrogens with zero attached hydrogens (tertiary/aromatic N) is 3. The van der Waals surface area contributed by atoms with Crippen molar-refractivity contribution in [2.24, 2.45) is 0 Å². The van der Waals surface area contributed by atoms with Crippen LogP contribution in [0.4, 0.5) is 31.1 Å². The Balaban J connectivity index is 1.42. The van der Waals surface area contributed by atoms with Crippen molar-refractivity contribution in [1.82, 2.24) is 15.2 Å². The molecule has 0 spiro atoms. The Morgan fingerprint density at radius 2 is 1.71 bits per heavy atom. The highest BCUT2D eigenvalue weighted by atomic mass is 32.1. The number of rotatable bonds is 11. The number of urea groups is 1. The number of thiazole rings is 1. The molecule has 4 N–H and O–H groups in total. The lowest BCUT2D eigenvalue weighted by Gasteiger charge is -2.27. The maximum Gasteiger partial charge on any atom is 0.412 e. The molecule has 3 aromatic rings. The van der Waals surface area contributed by atoms with Crippen molar-refractivity contribution in [2.75, 3.05) is 48.8 Å². The van der Waals surface area contributed by atoms with E-state index in [0.717, 1.165) is 49.2 Å². The second-order valence-electron chi connectivity index (χ2n) is 11.3. The molecule has 45 heavy (non-hydrogen) atoms. The van der Waals surface area contributed by atoms with E-state index in [1.807, 2.05) is 0 Å². The molecule has 1 unspecified atom stereocenters. The highest BCUT2D eigenvalue weighted by molar-refractivity contribution is 7.18. The lowest BCUT2D eigenvalue weighted by atomic mass is 10.00. The molecule has 1 saturated heterocycles. The molecule has 4 rings (SSSR count). The first-order valence-electron chi connectivity index (χ1n) is 14.4. The zero-order chi connectivity index (χ0) is 32.4. The Labute approximate surface area is 264 Å². The smallest absolute Gasteiger partial charge is 0.412 e. The minimum atomic E-state index is -0.679. The Kier molecular flexibility index (Phi) is 11.4. The van der Waals surface area contributed by atoms with Crippen LogP contribution in [-0.2, 0) is 9.47 Å². The first-order chi connectivity index (χ1) is 21.5. The predicted octanol–water partition coefficient (Wildman–Crippen LogP) is 5.63. The van der Waals surface area contributed by atoms with Crippen molar-refractivity contribution in [2.45, 2.75) is 45.3 Å². The number of para-hydroxylation sites is 2. The van der Waals surface area contributed by atoms with E-state index < -0.39 is 28.7 Å². The van der Waals surface area contributed by atoms with Crippen molar-refractivity contribution in [3.05, 3.63) is 76.0 Å². The number of hydrogen-bond donors (Lipinski definition) is 4. The number of ether oxygens (including phenoxy) is 2. The summed E-state index contributed by atoms with van der Waals surface area (Å²) in [6, 6.07) is 12.7. The van der Waals surface area contributed by atoms with Gasteiger partial charge in [0.1, 0.15) is 11.8 Å². The van der Waals surface area contributed by atoms with Gasteiger partial charge < -0.3 is 20.1 Å². The van der Waals surface area contributed by atoms with Crippen LogP contribution >= 0.6 is 11.3 Å². The van der Waals surface area contributed by atoms with Gasteiger partial charge in [-0.15, -0.1) is 0 Å². The maximum absolute atomic E-state index is 13.1. The number of carbonyl (C=O) groups excluding carboxylic acids is 3. The van der Waals surface area contributed by atoms with Crippen LogP contribution in [0.1, 0.15) is 55.6 Å². The van der Waals surface area contributed by atoms with E-state index >= 15 is 0 Å². The van der Waals surface area contributed by atoms with Crippen LogP contribution in [0.2, 0.25) is 0 Å². The number of hydrogen-bond acceptors (Lipinski definition) is 10. The molecule has 1 aromatic heterocycles. The first-order valence-corrected chi connectivity index (χ1v) is 15.3. The molecule has 2 heterocycles. The van der Waals surface area contributed by atoms with Gasteiger partial charge in [0, 0.05) is 18.7 Å². The summed E-state index contributed by atoms with van der Waals surface area (Å²) in [6.45, 7) is 9.19. The van der Waals surface area contributed by atoms with Crippen LogP contribution in [-0.4, -0.2) is 71.3 Å². The van der Waals surface area contributed by atoms with Crippen molar-refractivity contribution < 1.29 is 28.8 Å². The molecule has 1 aliphatic rings. The third kappa shape index (κ3) is 10.5. The van der Waals surface area contributed by atoms with E-state index in [2.05, 4.69) is 31.2 Å². The van der Waals surface area contributed by atoms with E-state index in [1.54, 1.807) is 69.3 Å². The molecule has 0 saturated carbocycles. The molecule has 1 aliphatic heterocycles. The maximum atomic E-state index is 13.1. The third-order valence-electron chi connectivity index (χ3n) is 6.66. The molecule has 2 aromatic carbocycles. The Hall–Kier alpha value is -4.60. The monoisotopic (exact) mass is 639 g/mol. The van der Waals surface area contributed by atoms with Gasteiger partial charge in [-0.3, -0.25) is 30.4 Å². The van der Waals surface area contributed by atoms with Crippen molar-refractivity contribution in [3.63, 3.8) is 0 Å². The molecule has 0 radical (unpaired) electrons. The molecule has 14 nitrogen and oxygen atoms in total. The number of carbonyl (C=O) groups is 3. The van der Waals surface area contributed by atoms with Gasteiger partial charge in [-0.05, 0) is 81.3 Å². The Morgan fingerprint density at radius 1 is 1.04 bits per heavy atom. The van der Waals surface area contributed by atoms with Crippen LogP contribution < -0.4 is 21.3 Å². The summed E-state index contributed by atoms with van der Waals surface area (Å²) in [6.07, 6.45) is 1.85. The Morgan fingerprint density at radius 3 is 2.33 bits per heavy atom. The number of anilines is 3. The predicted molar refractivity (Wildman–Crippen MR) is 171 cm³/mol. The SMILES string of the molecule is CC(C)(C)OC(=O)Nc1ccccc1NC(=O)c1ccc(C(CCCN2CCOCC2)NC(=O)Nc2ncc([N+](=O)[O-])s2)cc1. The normalized spacial score (nSPS) is 14.2. The average molecular weight is 640 g/mol. The fraction of sp³-hybridized carbons (Fsp3) is 0.400. The molecule has 1 atom stereocenters. The standard InChI is InChI=1S/C30H37N7O7S/c1-30(2,3)44-29(40)34-24-8-5-4-7-23(24)32-26(38)21-12-10-20(11-13-21)22(9-6-14-36-15-17-43-18-16-36)33-27(39)35-28-31-19-25(45-28)37(41)42/h4-5,7-8,10-13,19,22H,6,9,14-18H2,1-3H3,(H,32,38)(H,34,40)(H2,31,33,35,39). The molecular weight excluding hydrogens is 602 g/mol. The van der Waals surface area contributed by atoms with Crippen molar-refractivity contribution in [1.29, 1.82) is 0 Å². The van der Waals surface area contributed by atoms with Gasteiger partial charge in [-0.2, -0.15) is 0 Å². The minimum absolute atomic E-state index is 0.111. The summed E-state index contributed by atoms with van der Waals surface area (Å²) < 4.78 is 10.7. The zero-order valence-corrected chi connectivity index (χ0v) is 26.1. The highest BCUT2D eigenvalue weighted by Crippen LogP contribution is 2.26. The van der Waals surface area contributed by atoms with Crippen LogP contribution in [0.25, 0.3) is 0 Å². The number of aromatic nitrogens is 1. The summed E-state index contributed by atoms with van der Waals surface area (Å²) >= 11 is 0.766. The fourth-order valence-corrected chi connectivity index (χ4v) is 5.17. The number of nitro groups is 1. The van der Waals surface area contributed by atoms with E-state index in [-0.39, 0.29) is 16.0 Å². The molecule has 1 fully saturated rings. The number of nitrogens with one attached hydrogen (secondary N) is 4. The van der Waals surface area contributed by atoms with E-state index in [9.17, 15) is 24.5 Å². The van der Waals surface area contributed by atoms with E-state index in [1.165, 1.54) is 0 Å². The fourth-order valence-electron chi connectivity index (χ4n) is 4.54. The van der Waals surface area contributed by atoms with E-state index in [4.69, 9.17) is 9.47 Å². The van der Waals surface area contributed by atoms with Gasteiger partial charge in [0.15, 0.2) is 5.13 Å². The van der Waals surface area contributed by atoms with Crippen LogP contribution in [0, 0.1) is 10.1 Å². The molecule has 0 bridgehead atoms. The quantitative estimate of drug-likeness (QED) is 0.153. The lowest BCUT2D eigenvalue weighted by molar-refractivity contribution is -0.380. The van der Waals surface area contributed by atoms with Gasteiger partial charge in [0.05, 0.1) is 35.6 Å². The highest BCUT2D eigenvalue weighted by Gasteiger charge is 2.21. The molecule has 4 amide bonds. The second kappa shape index (κ2) is 15.4. The van der Waals surface area contributed by atoms with Gasteiger partial charge in [-0.25, -0.2) is 14.6 Å². The summed E-state index contributed by atoms with van der Waals surface area (Å²) in [5.41, 5.74) is 1.26. The van der Waals surface area contributed by atoms with Gasteiger partial charge in [0.2, 0.25) is 0 Å². The molecule has 0 aliphatic carbocycles. The van der Waals surface area contributed by atoms with Crippen LogP contribution in [0.5, 0.6) is 0 Å². The zero-order valence-electron chi connectivity index (χ0n) is 25.3. The molecule has 15 heteroatoms. The number of morpholine rings is 1. The summed E-state index contributed by atoms with van der Waals surface area (Å²) in [5, 5.41) is 21.9. The number of amides is 4. The van der Waals surface area contributed by atoms with Gasteiger partial charge in [0.25, 0.3) is 5.91 Å². The topological polar surface area (TPSA) is 177 Å². The largest absolute Gasteiger partial charge is 0.444 e. The number of benzene rings is 2. The first kappa shape index (κ1) is 33.3. The van der Waals surface area contributed by atoms with Crippen LogP contribution in [0.15, 0.2) is 54.7 Å². The Bertz CT molecular complexity index is 1480. The minimum Gasteiger partial charge on any atom is -0.444 e. The molecule has 240 valence electrons. The molecular formula is C30H37N7O7S. The summed E-state index contributed by atoms with van der Waals surface area (Å²) in [5.74, 6) is -0.389. The van der Waals surface area contributed by atoms with Gasteiger partial charge >= 0.3 is 17.1 Å². The lowest BCUT2D eigenvalue weighted by Crippen LogP contribution is -2.37. The van der Waals surface area contributed by atoms with E-state index in [0.29, 0.717) is 36.6 Å². The second-order valence-corrected chi connectivity index (χ2v) is 12.3. The van der Waals surface area contributed by atoms with Crippen LogP contribution in [0.3, 0.4) is 0 Å².